The van der Waals surface area contributed by atoms with Gasteiger partial charge in [-0.05, 0) is 44.7 Å². The van der Waals surface area contributed by atoms with Crippen molar-refractivity contribution in [2.24, 2.45) is 5.92 Å². The maximum absolute atomic E-state index is 9.15. The van der Waals surface area contributed by atoms with Crippen LogP contribution in [0, 0.1) is 5.92 Å². The number of aromatic nitrogens is 1. The molecule has 0 bridgehead atoms. The number of nitrogens with zero attached hydrogens (tertiary/aromatic N) is 3. The summed E-state index contributed by atoms with van der Waals surface area (Å²) < 4.78 is 0. The molecule has 0 atom stereocenters. The fourth-order valence-electron chi connectivity index (χ4n) is 2.71. The first-order valence-electron chi connectivity index (χ1n) is 7.26. The molecule has 19 heavy (non-hydrogen) atoms. The van der Waals surface area contributed by atoms with E-state index in [1.165, 1.54) is 23.7 Å². The van der Waals surface area contributed by atoms with Crippen LogP contribution in [0.5, 0.6) is 0 Å². The minimum absolute atomic E-state index is 0.348. The summed E-state index contributed by atoms with van der Waals surface area (Å²) in [4.78, 5) is 9.54. The highest BCUT2D eigenvalue weighted by Crippen LogP contribution is 2.32. The highest BCUT2D eigenvalue weighted by Gasteiger charge is 2.28. The van der Waals surface area contributed by atoms with Gasteiger partial charge in [-0.1, -0.05) is 0 Å². The molecule has 5 heteroatoms. The number of hydrogen-bond donors (Lipinski definition) is 1. The molecule has 2 heterocycles. The molecule has 1 aliphatic heterocycles. The van der Waals surface area contributed by atoms with Gasteiger partial charge in [0.25, 0.3) is 0 Å². The second-order valence-electron chi connectivity index (χ2n) is 5.87. The van der Waals surface area contributed by atoms with Crippen molar-refractivity contribution in [3.63, 3.8) is 0 Å². The van der Waals surface area contributed by atoms with Crippen molar-refractivity contribution in [1.29, 1.82) is 0 Å². The van der Waals surface area contributed by atoms with E-state index in [1.807, 2.05) is 0 Å². The Morgan fingerprint density at radius 1 is 1.37 bits per heavy atom. The molecule has 106 valence electrons. The van der Waals surface area contributed by atoms with Crippen LogP contribution in [0.2, 0.25) is 0 Å². The van der Waals surface area contributed by atoms with Crippen molar-refractivity contribution in [2.45, 2.75) is 38.3 Å². The lowest BCUT2D eigenvalue weighted by atomic mass is 9.98. The van der Waals surface area contributed by atoms with Crippen LogP contribution in [0.1, 0.15) is 31.4 Å². The first kappa shape index (κ1) is 13.3. The minimum Gasteiger partial charge on any atom is -0.396 e. The lowest BCUT2D eigenvalue weighted by Crippen LogP contribution is -2.34. The number of anilines is 1. The SMILES string of the molecule is CN(c1nc(CN2CCC(CO)CC2)cs1)C1CC1. The number of rotatable bonds is 5. The Morgan fingerprint density at radius 3 is 2.74 bits per heavy atom. The molecule has 0 aromatic carbocycles. The van der Waals surface area contributed by atoms with Gasteiger partial charge in [-0.15, -0.1) is 11.3 Å². The molecule has 1 N–H and O–H groups in total. The van der Waals surface area contributed by atoms with Crippen molar-refractivity contribution < 1.29 is 5.11 Å². The Balaban J connectivity index is 1.52. The summed E-state index contributed by atoms with van der Waals surface area (Å²) in [5.74, 6) is 0.517. The number of aliphatic hydroxyl groups is 1. The van der Waals surface area contributed by atoms with Crippen molar-refractivity contribution in [2.75, 3.05) is 31.6 Å². The van der Waals surface area contributed by atoms with E-state index in [0.29, 0.717) is 12.5 Å². The van der Waals surface area contributed by atoms with Gasteiger partial charge in [-0.3, -0.25) is 4.90 Å². The molecule has 1 aliphatic carbocycles. The van der Waals surface area contributed by atoms with Crippen molar-refractivity contribution in [3.8, 4) is 0 Å². The summed E-state index contributed by atoms with van der Waals surface area (Å²) in [6, 6.07) is 0.735. The first-order valence-corrected chi connectivity index (χ1v) is 8.14. The number of hydrogen-bond acceptors (Lipinski definition) is 5. The molecule has 0 radical (unpaired) electrons. The summed E-state index contributed by atoms with van der Waals surface area (Å²) in [5.41, 5.74) is 1.20. The van der Waals surface area contributed by atoms with Gasteiger partial charge in [0.1, 0.15) is 0 Å². The average molecular weight is 281 g/mol. The third-order valence-electron chi connectivity index (χ3n) is 4.29. The van der Waals surface area contributed by atoms with E-state index in [9.17, 15) is 0 Å². The lowest BCUT2D eigenvalue weighted by Gasteiger charge is -2.30. The monoisotopic (exact) mass is 281 g/mol. The Bertz CT molecular complexity index is 411. The Labute approximate surface area is 119 Å². The molecule has 1 aromatic rings. The van der Waals surface area contributed by atoms with E-state index in [4.69, 9.17) is 10.1 Å². The Hall–Kier alpha value is -0.650. The van der Waals surface area contributed by atoms with E-state index >= 15 is 0 Å². The molecular weight excluding hydrogens is 258 g/mol. The van der Waals surface area contributed by atoms with E-state index in [-0.39, 0.29) is 0 Å². The van der Waals surface area contributed by atoms with Crippen LogP contribution in [0.4, 0.5) is 5.13 Å². The van der Waals surface area contributed by atoms with Crippen molar-refractivity contribution >= 4 is 16.5 Å². The van der Waals surface area contributed by atoms with Crippen molar-refractivity contribution in [3.05, 3.63) is 11.1 Å². The van der Waals surface area contributed by atoms with E-state index in [0.717, 1.165) is 38.5 Å². The molecule has 2 aliphatic rings. The highest BCUT2D eigenvalue weighted by molar-refractivity contribution is 7.13. The lowest BCUT2D eigenvalue weighted by molar-refractivity contribution is 0.126. The van der Waals surface area contributed by atoms with Crippen LogP contribution < -0.4 is 4.90 Å². The third kappa shape index (κ3) is 3.27. The van der Waals surface area contributed by atoms with Gasteiger partial charge in [0.2, 0.25) is 0 Å². The highest BCUT2D eigenvalue weighted by atomic mass is 32.1. The molecule has 0 spiro atoms. The fraction of sp³-hybridized carbons (Fsp3) is 0.786. The molecule has 2 fully saturated rings. The van der Waals surface area contributed by atoms with Gasteiger partial charge < -0.3 is 10.0 Å². The summed E-state index contributed by atoms with van der Waals surface area (Å²) in [6.45, 7) is 3.50. The van der Waals surface area contributed by atoms with Crippen LogP contribution in [-0.4, -0.2) is 47.8 Å². The second kappa shape index (κ2) is 5.77. The number of piperidine rings is 1. The quantitative estimate of drug-likeness (QED) is 0.895. The zero-order chi connectivity index (χ0) is 13.2. The minimum atomic E-state index is 0.348. The molecule has 3 rings (SSSR count). The standard InChI is InChI=1S/C14H23N3OS/c1-16(13-2-3-13)14-15-12(10-19-14)8-17-6-4-11(9-18)5-7-17/h10-11,13,18H,2-9H2,1H3. The maximum atomic E-state index is 9.15. The zero-order valence-electron chi connectivity index (χ0n) is 11.6. The average Bonchev–Trinajstić information content (AvgIpc) is 3.19. The van der Waals surface area contributed by atoms with Gasteiger partial charge in [0.15, 0.2) is 5.13 Å². The fourth-order valence-corrected chi connectivity index (χ4v) is 3.56. The second-order valence-corrected chi connectivity index (χ2v) is 6.70. The zero-order valence-corrected chi connectivity index (χ0v) is 12.4. The molecule has 1 aromatic heterocycles. The van der Waals surface area contributed by atoms with Gasteiger partial charge in [-0.25, -0.2) is 4.98 Å². The topological polar surface area (TPSA) is 39.6 Å². The van der Waals surface area contributed by atoms with E-state index < -0.39 is 0 Å². The van der Waals surface area contributed by atoms with Gasteiger partial charge >= 0.3 is 0 Å². The van der Waals surface area contributed by atoms with Crippen LogP contribution in [-0.2, 0) is 6.54 Å². The molecule has 1 saturated carbocycles. The van der Waals surface area contributed by atoms with E-state index in [1.54, 1.807) is 11.3 Å². The first-order chi connectivity index (χ1) is 9.26. The predicted molar refractivity (Wildman–Crippen MR) is 78.6 cm³/mol. The van der Waals surface area contributed by atoms with Crippen LogP contribution in [0.15, 0.2) is 5.38 Å². The van der Waals surface area contributed by atoms with Gasteiger partial charge in [0.05, 0.1) is 5.69 Å². The van der Waals surface area contributed by atoms with Gasteiger partial charge in [0, 0.05) is 31.6 Å². The smallest absolute Gasteiger partial charge is 0.185 e. The van der Waals surface area contributed by atoms with Crippen molar-refractivity contribution in [1.82, 2.24) is 9.88 Å². The van der Waals surface area contributed by atoms with E-state index in [2.05, 4.69) is 22.2 Å². The normalized spacial score (nSPS) is 21.8. The summed E-state index contributed by atoms with van der Waals surface area (Å²) in [6.07, 6.45) is 4.88. The summed E-state index contributed by atoms with van der Waals surface area (Å²) in [5, 5.41) is 12.5. The van der Waals surface area contributed by atoms with Crippen LogP contribution in [0.3, 0.4) is 0 Å². The summed E-state index contributed by atoms with van der Waals surface area (Å²) >= 11 is 1.77. The van der Waals surface area contributed by atoms with Crippen LogP contribution in [0.25, 0.3) is 0 Å². The number of thiazole rings is 1. The Morgan fingerprint density at radius 2 is 2.11 bits per heavy atom. The van der Waals surface area contributed by atoms with Gasteiger partial charge in [-0.2, -0.15) is 0 Å². The third-order valence-corrected chi connectivity index (χ3v) is 5.27. The Kier molecular flexibility index (Phi) is 4.05. The largest absolute Gasteiger partial charge is 0.396 e. The number of aliphatic hydroxyl groups excluding tert-OH is 1. The predicted octanol–water partition coefficient (Wildman–Crippen LogP) is 1.95. The molecule has 1 saturated heterocycles. The molecule has 0 unspecified atom stereocenters. The molecular formula is C14H23N3OS. The number of likely N-dealkylation sites (tertiary alicyclic amines) is 1. The maximum Gasteiger partial charge on any atom is 0.185 e. The van der Waals surface area contributed by atoms with Crippen LogP contribution >= 0.6 is 11.3 Å². The summed E-state index contributed by atoms with van der Waals surface area (Å²) in [7, 11) is 2.16. The molecule has 4 nitrogen and oxygen atoms in total. The molecule has 0 amide bonds.